The molecule has 104 valence electrons. The Balaban J connectivity index is 1.67. The Labute approximate surface area is 116 Å². The van der Waals surface area contributed by atoms with Gasteiger partial charge in [0, 0.05) is 12.4 Å². The lowest BCUT2D eigenvalue weighted by Gasteiger charge is -2.07. The van der Waals surface area contributed by atoms with Gasteiger partial charge in [0.2, 0.25) is 0 Å². The second kappa shape index (κ2) is 7.25. The highest BCUT2D eigenvalue weighted by Crippen LogP contribution is 2.12. The van der Waals surface area contributed by atoms with Crippen molar-refractivity contribution in [2.24, 2.45) is 0 Å². The lowest BCUT2D eigenvalue weighted by Crippen LogP contribution is -2.07. The summed E-state index contributed by atoms with van der Waals surface area (Å²) in [6.07, 6.45) is 3.44. The number of hydrogen-bond acceptors (Lipinski definition) is 4. The van der Waals surface area contributed by atoms with Crippen LogP contribution in [-0.2, 0) is 11.3 Å². The predicted octanol–water partition coefficient (Wildman–Crippen LogP) is 2.38. The lowest BCUT2D eigenvalue weighted by molar-refractivity contribution is 0.0696. The predicted molar refractivity (Wildman–Crippen MR) is 72.8 cm³/mol. The topological polar surface area (TPSA) is 68.7 Å². The molecular formula is C15H15NO4. The molecule has 0 saturated carbocycles. The van der Waals surface area contributed by atoms with Crippen molar-refractivity contribution in [2.75, 3.05) is 13.2 Å². The third-order valence-electron chi connectivity index (χ3n) is 2.62. The molecule has 1 aromatic heterocycles. The maximum atomic E-state index is 10.7. The summed E-state index contributed by atoms with van der Waals surface area (Å²) in [7, 11) is 0. The van der Waals surface area contributed by atoms with Crippen LogP contribution in [0.4, 0.5) is 0 Å². The summed E-state index contributed by atoms with van der Waals surface area (Å²) in [4.78, 5) is 14.6. The van der Waals surface area contributed by atoms with Gasteiger partial charge in [0.1, 0.15) is 12.4 Å². The van der Waals surface area contributed by atoms with Gasteiger partial charge in [-0.3, -0.25) is 4.98 Å². The van der Waals surface area contributed by atoms with Gasteiger partial charge >= 0.3 is 5.97 Å². The molecule has 0 bridgehead atoms. The number of aromatic carboxylic acids is 1. The number of nitrogens with zero attached hydrogens (tertiary/aromatic N) is 1. The maximum Gasteiger partial charge on any atom is 0.335 e. The summed E-state index contributed by atoms with van der Waals surface area (Å²) in [5.74, 6) is -0.320. The van der Waals surface area contributed by atoms with Crippen LogP contribution in [0.15, 0.2) is 48.8 Å². The average molecular weight is 273 g/mol. The van der Waals surface area contributed by atoms with Crippen LogP contribution in [0.3, 0.4) is 0 Å². The summed E-state index contributed by atoms with van der Waals surface area (Å²) in [6, 6.07) is 10.1. The Morgan fingerprint density at radius 3 is 2.40 bits per heavy atom. The van der Waals surface area contributed by atoms with E-state index in [1.165, 1.54) is 12.1 Å². The first-order chi connectivity index (χ1) is 9.75. The fourth-order valence-electron chi connectivity index (χ4n) is 1.58. The number of rotatable bonds is 7. The first-order valence-corrected chi connectivity index (χ1v) is 6.18. The van der Waals surface area contributed by atoms with Crippen molar-refractivity contribution in [2.45, 2.75) is 6.61 Å². The van der Waals surface area contributed by atoms with Gasteiger partial charge in [-0.1, -0.05) is 0 Å². The van der Waals surface area contributed by atoms with Crippen LogP contribution in [0, 0.1) is 0 Å². The molecule has 0 amide bonds. The Hall–Kier alpha value is -2.40. The molecule has 5 nitrogen and oxygen atoms in total. The minimum absolute atomic E-state index is 0.242. The minimum Gasteiger partial charge on any atom is -0.491 e. The van der Waals surface area contributed by atoms with Crippen LogP contribution in [-0.4, -0.2) is 29.3 Å². The van der Waals surface area contributed by atoms with Crippen molar-refractivity contribution in [3.05, 3.63) is 59.9 Å². The molecular weight excluding hydrogens is 258 g/mol. The number of aromatic nitrogens is 1. The van der Waals surface area contributed by atoms with Crippen LogP contribution < -0.4 is 4.74 Å². The zero-order valence-corrected chi connectivity index (χ0v) is 10.9. The van der Waals surface area contributed by atoms with E-state index in [0.717, 1.165) is 5.56 Å². The van der Waals surface area contributed by atoms with Gasteiger partial charge in [-0.2, -0.15) is 0 Å². The van der Waals surface area contributed by atoms with E-state index in [1.54, 1.807) is 24.5 Å². The Morgan fingerprint density at radius 1 is 1.05 bits per heavy atom. The van der Waals surface area contributed by atoms with E-state index in [1.807, 2.05) is 12.1 Å². The van der Waals surface area contributed by atoms with Crippen LogP contribution in [0.1, 0.15) is 15.9 Å². The summed E-state index contributed by atoms with van der Waals surface area (Å²) >= 11 is 0. The summed E-state index contributed by atoms with van der Waals surface area (Å²) in [5, 5.41) is 8.76. The molecule has 0 aliphatic rings. The fourth-order valence-corrected chi connectivity index (χ4v) is 1.58. The molecule has 0 radical (unpaired) electrons. The van der Waals surface area contributed by atoms with Gasteiger partial charge in [0.25, 0.3) is 0 Å². The van der Waals surface area contributed by atoms with Crippen LogP contribution in [0.5, 0.6) is 5.75 Å². The van der Waals surface area contributed by atoms with E-state index in [9.17, 15) is 4.79 Å². The monoisotopic (exact) mass is 273 g/mol. The van der Waals surface area contributed by atoms with Crippen molar-refractivity contribution < 1.29 is 19.4 Å². The maximum absolute atomic E-state index is 10.7. The first kappa shape index (κ1) is 14.0. The van der Waals surface area contributed by atoms with Gasteiger partial charge in [0.15, 0.2) is 0 Å². The molecule has 2 aromatic rings. The van der Waals surface area contributed by atoms with Gasteiger partial charge in [0.05, 0.1) is 18.8 Å². The van der Waals surface area contributed by atoms with E-state index >= 15 is 0 Å². The molecule has 0 fully saturated rings. The number of ether oxygens (including phenoxy) is 2. The number of carboxylic acids is 1. The molecule has 1 heterocycles. The molecule has 0 unspecified atom stereocenters. The van der Waals surface area contributed by atoms with E-state index in [2.05, 4.69) is 4.98 Å². The molecule has 0 aliphatic carbocycles. The second-order valence-electron chi connectivity index (χ2n) is 4.09. The highest BCUT2D eigenvalue weighted by Gasteiger charge is 2.01. The normalized spacial score (nSPS) is 10.2. The minimum atomic E-state index is -0.947. The molecule has 1 N–H and O–H groups in total. The van der Waals surface area contributed by atoms with Gasteiger partial charge in [-0.05, 0) is 42.0 Å². The Morgan fingerprint density at radius 2 is 1.75 bits per heavy atom. The smallest absolute Gasteiger partial charge is 0.335 e. The van der Waals surface area contributed by atoms with E-state index in [0.29, 0.717) is 25.6 Å². The van der Waals surface area contributed by atoms with Crippen LogP contribution >= 0.6 is 0 Å². The van der Waals surface area contributed by atoms with Gasteiger partial charge in [-0.25, -0.2) is 4.79 Å². The third kappa shape index (κ3) is 4.37. The molecule has 1 aromatic carbocycles. The third-order valence-corrected chi connectivity index (χ3v) is 2.62. The summed E-state index contributed by atoms with van der Waals surface area (Å²) < 4.78 is 10.9. The zero-order chi connectivity index (χ0) is 14.2. The largest absolute Gasteiger partial charge is 0.491 e. The van der Waals surface area contributed by atoms with Gasteiger partial charge in [-0.15, -0.1) is 0 Å². The van der Waals surface area contributed by atoms with Crippen molar-refractivity contribution in [3.8, 4) is 5.75 Å². The molecule has 0 aliphatic heterocycles. The van der Waals surface area contributed by atoms with Crippen LogP contribution in [0.2, 0.25) is 0 Å². The Kier molecular flexibility index (Phi) is 5.08. The highest BCUT2D eigenvalue weighted by molar-refractivity contribution is 5.87. The average Bonchev–Trinajstić information content (AvgIpc) is 2.48. The summed E-state index contributed by atoms with van der Waals surface area (Å²) in [5.41, 5.74) is 1.30. The Bertz CT molecular complexity index is 540. The van der Waals surface area contributed by atoms with E-state index < -0.39 is 5.97 Å². The zero-order valence-electron chi connectivity index (χ0n) is 10.9. The molecule has 20 heavy (non-hydrogen) atoms. The van der Waals surface area contributed by atoms with E-state index in [4.69, 9.17) is 14.6 Å². The SMILES string of the molecule is O=C(O)c1ccc(OCCOCc2ccncc2)cc1. The lowest BCUT2D eigenvalue weighted by atomic mass is 10.2. The van der Waals surface area contributed by atoms with Gasteiger partial charge < -0.3 is 14.6 Å². The standard InChI is InChI=1S/C15H15NO4/c17-15(18)13-1-3-14(4-2-13)20-10-9-19-11-12-5-7-16-8-6-12/h1-8H,9-11H2,(H,17,18). The van der Waals surface area contributed by atoms with Crippen molar-refractivity contribution >= 4 is 5.97 Å². The van der Waals surface area contributed by atoms with Crippen molar-refractivity contribution in [1.29, 1.82) is 0 Å². The number of pyridine rings is 1. The number of carboxylic acid groups (broad SMARTS) is 1. The molecule has 5 heteroatoms. The first-order valence-electron chi connectivity index (χ1n) is 6.18. The molecule has 0 spiro atoms. The molecule has 2 rings (SSSR count). The number of carbonyl (C=O) groups is 1. The van der Waals surface area contributed by atoms with Crippen molar-refractivity contribution in [3.63, 3.8) is 0 Å². The number of hydrogen-bond donors (Lipinski definition) is 1. The summed E-state index contributed by atoms with van der Waals surface area (Å²) in [6.45, 7) is 1.39. The fraction of sp³-hybridized carbons (Fsp3) is 0.200. The van der Waals surface area contributed by atoms with E-state index in [-0.39, 0.29) is 5.56 Å². The highest BCUT2D eigenvalue weighted by atomic mass is 16.5. The second-order valence-corrected chi connectivity index (χ2v) is 4.09. The number of benzene rings is 1. The van der Waals surface area contributed by atoms with Crippen molar-refractivity contribution in [1.82, 2.24) is 4.98 Å². The molecule has 0 saturated heterocycles. The van der Waals surface area contributed by atoms with Crippen LogP contribution in [0.25, 0.3) is 0 Å². The quantitative estimate of drug-likeness (QED) is 0.784. The molecule has 0 atom stereocenters.